The van der Waals surface area contributed by atoms with E-state index in [4.69, 9.17) is 11.6 Å². The zero-order valence-electron chi connectivity index (χ0n) is 13.0. The maximum absolute atomic E-state index is 12.7. The molecular weight excluding hydrogens is 318 g/mol. The molecule has 2 amide bonds. The summed E-state index contributed by atoms with van der Waals surface area (Å²) in [6.45, 7) is 3.75. The topological polar surface area (TPSA) is 75.4 Å². The third kappa shape index (κ3) is 4.32. The number of anilines is 1. The lowest BCUT2D eigenvalue weighted by Crippen LogP contribution is -2.43. The van der Waals surface area contributed by atoms with E-state index in [1.807, 2.05) is 13.8 Å². The Morgan fingerprint density at radius 1 is 1.35 bits per heavy atom. The van der Waals surface area contributed by atoms with E-state index in [1.54, 1.807) is 24.3 Å². The fraction of sp³-hybridized carbons (Fsp3) is 0.312. The van der Waals surface area contributed by atoms with Crippen LogP contribution < -0.4 is 5.32 Å². The van der Waals surface area contributed by atoms with Crippen LogP contribution in [0.4, 0.5) is 5.82 Å². The van der Waals surface area contributed by atoms with E-state index in [2.05, 4.69) is 15.0 Å². The van der Waals surface area contributed by atoms with Gasteiger partial charge in [0, 0.05) is 12.1 Å². The first-order chi connectivity index (χ1) is 11.0. The maximum Gasteiger partial charge on any atom is 0.256 e. The van der Waals surface area contributed by atoms with E-state index in [0.717, 1.165) is 0 Å². The fourth-order valence-electron chi connectivity index (χ4n) is 2.05. The number of nitrogens with one attached hydrogen (secondary N) is 1. The first kappa shape index (κ1) is 17.0. The molecule has 0 radical (unpaired) electrons. The van der Waals surface area contributed by atoms with Crippen LogP contribution >= 0.6 is 11.6 Å². The Kier molecular flexibility index (Phi) is 5.76. The predicted octanol–water partition coefficient (Wildman–Crippen LogP) is 3.21. The van der Waals surface area contributed by atoms with Gasteiger partial charge in [0.05, 0.1) is 10.6 Å². The molecule has 0 aliphatic rings. The van der Waals surface area contributed by atoms with Crippen molar-refractivity contribution in [3.63, 3.8) is 0 Å². The number of carbonyl (C=O) groups excluding carboxylic acids is 2. The molecule has 0 fully saturated rings. The first-order valence-electron chi connectivity index (χ1n) is 7.28. The minimum atomic E-state index is -0.348. The van der Waals surface area contributed by atoms with Gasteiger partial charge in [-0.05, 0) is 25.5 Å². The van der Waals surface area contributed by atoms with Crippen molar-refractivity contribution in [1.82, 2.24) is 10.1 Å². The molecule has 2 rings (SSSR count). The molecule has 1 atom stereocenters. The highest BCUT2D eigenvalue weighted by molar-refractivity contribution is 6.33. The van der Waals surface area contributed by atoms with Gasteiger partial charge in [0.1, 0.15) is 12.8 Å². The molecule has 1 aromatic carbocycles. The molecule has 0 aliphatic heterocycles. The van der Waals surface area contributed by atoms with Gasteiger partial charge in [-0.2, -0.15) is 0 Å². The Bertz CT molecular complexity index is 673. The van der Waals surface area contributed by atoms with Crippen molar-refractivity contribution in [3.8, 4) is 0 Å². The summed E-state index contributed by atoms with van der Waals surface area (Å²) in [7, 11) is 0. The predicted molar refractivity (Wildman–Crippen MR) is 87.4 cm³/mol. The average molecular weight is 336 g/mol. The van der Waals surface area contributed by atoms with E-state index in [0.29, 0.717) is 22.8 Å². The van der Waals surface area contributed by atoms with Crippen molar-refractivity contribution in [2.24, 2.45) is 0 Å². The second kappa shape index (κ2) is 7.78. The van der Waals surface area contributed by atoms with Crippen molar-refractivity contribution in [2.75, 3.05) is 11.9 Å². The number of amides is 2. The summed E-state index contributed by atoms with van der Waals surface area (Å²) >= 11 is 6.09. The van der Waals surface area contributed by atoms with Crippen molar-refractivity contribution in [2.45, 2.75) is 26.3 Å². The zero-order valence-corrected chi connectivity index (χ0v) is 13.7. The van der Waals surface area contributed by atoms with Crippen molar-refractivity contribution >= 4 is 29.2 Å². The van der Waals surface area contributed by atoms with Gasteiger partial charge >= 0.3 is 0 Å². The summed E-state index contributed by atoms with van der Waals surface area (Å²) in [5.41, 5.74) is 0.378. The summed E-state index contributed by atoms with van der Waals surface area (Å²) in [4.78, 5) is 26.4. The smallest absolute Gasteiger partial charge is 0.256 e. The summed E-state index contributed by atoms with van der Waals surface area (Å²) in [5.74, 6) is -0.316. The minimum Gasteiger partial charge on any atom is -0.363 e. The molecular formula is C16H18ClN3O3. The average Bonchev–Trinajstić information content (AvgIpc) is 3.04. The summed E-state index contributed by atoms with van der Waals surface area (Å²) in [6, 6.07) is 8.21. The lowest BCUT2D eigenvalue weighted by Gasteiger charge is -2.28. The molecule has 7 heteroatoms. The van der Waals surface area contributed by atoms with Crippen LogP contribution in [0.3, 0.4) is 0 Å². The quantitative estimate of drug-likeness (QED) is 0.879. The van der Waals surface area contributed by atoms with Crippen LogP contribution in [0.25, 0.3) is 0 Å². The van der Waals surface area contributed by atoms with Crippen molar-refractivity contribution in [3.05, 3.63) is 47.2 Å². The summed E-state index contributed by atoms with van der Waals surface area (Å²) in [5, 5.41) is 6.56. The van der Waals surface area contributed by atoms with Crippen LogP contribution in [-0.4, -0.2) is 34.5 Å². The molecule has 0 saturated carbocycles. The standard InChI is InChI=1S/C16H18ClN3O3/c1-3-11(2)20(10-15(21)18-14-8-9-23-19-14)16(22)12-6-4-5-7-13(12)17/h4-9,11H,3,10H2,1-2H3,(H,18,19,21)/t11-/m1/s1. The van der Waals surface area contributed by atoms with Gasteiger partial charge < -0.3 is 14.7 Å². The van der Waals surface area contributed by atoms with Gasteiger partial charge in [-0.3, -0.25) is 9.59 Å². The van der Waals surface area contributed by atoms with E-state index < -0.39 is 0 Å². The van der Waals surface area contributed by atoms with Crippen molar-refractivity contribution in [1.29, 1.82) is 0 Å². The number of hydrogen-bond donors (Lipinski definition) is 1. The first-order valence-corrected chi connectivity index (χ1v) is 7.66. The maximum atomic E-state index is 12.7. The normalized spacial score (nSPS) is 11.8. The molecule has 0 bridgehead atoms. The highest BCUT2D eigenvalue weighted by atomic mass is 35.5. The van der Waals surface area contributed by atoms with Crippen LogP contribution in [0.2, 0.25) is 5.02 Å². The van der Waals surface area contributed by atoms with Crippen LogP contribution in [0.1, 0.15) is 30.6 Å². The van der Waals surface area contributed by atoms with Crippen LogP contribution in [0.5, 0.6) is 0 Å². The second-order valence-corrected chi connectivity index (χ2v) is 5.51. The van der Waals surface area contributed by atoms with E-state index in [9.17, 15) is 9.59 Å². The molecule has 1 aromatic heterocycles. The molecule has 0 spiro atoms. The highest BCUT2D eigenvalue weighted by Crippen LogP contribution is 2.19. The van der Waals surface area contributed by atoms with Gasteiger partial charge in [0.15, 0.2) is 5.82 Å². The zero-order chi connectivity index (χ0) is 16.8. The van der Waals surface area contributed by atoms with Gasteiger partial charge in [-0.1, -0.05) is 35.8 Å². The van der Waals surface area contributed by atoms with E-state index >= 15 is 0 Å². The molecule has 6 nitrogen and oxygen atoms in total. The molecule has 2 aromatic rings. The summed E-state index contributed by atoms with van der Waals surface area (Å²) < 4.78 is 4.66. The van der Waals surface area contributed by atoms with Crippen molar-refractivity contribution < 1.29 is 14.1 Å². The van der Waals surface area contributed by atoms with Gasteiger partial charge in [0.25, 0.3) is 5.91 Å². The molecule has 0 unspecified atom stereocenters. The molecule has 0 saturated heterocycles. The number of halogens is 1. The van der Waals surface area contributed by atoms with Gasteiger partial charge in [0.2, 0.25) is 5.91 Å². The third-order valence-electron chi connectivity index (χ3n) is 3.51. The second-order valence-electron chi connectivity index (χ2n) is 5.10. The number of benzene rings is 1. The highest BCUT2D eigenvalue weighted by Gasteiger charge is 2.24. The van der Waals surface area contributed by atoms with Crippen LogP contribution in [0.15, 0.2) is 41.1 Å². The monoisotopic (exact) mass is 335 g/mol. The van der Waals surface area contributed by atoms with Gasteiger partial charge in [-0.25, -0.2) is 0 Å². The van der Waals surface area contributed by atoms with Crippen LogP contribution in [0, 0.1) is 0 Å². The number of rotatable bonds is 6. The fourth-order valence-corrected chi connectivity index (χ4v) is 2.27. The van der Waals surface area contributed by atoms with Gasteiger partial charge in [-0.15, -0.1) is 0 Å². The Labute approximate surface area is 139 Å². The number of carbonyl (C=O) groups is 2. The summed E-state index contributed by atoms with van der Waals surface area (Å²) in [6.07, 6.45) is 2.07. The molecule has 1 N–H and O–H groups in total. The lowest BCUT2D eigenvalue weighted by atomic mass is 10.1. The number of nitrogens with zero attached hydrogens (tertiary/aromatic N) is 2. The van der Waals surface area contributed by atoms with E-state index in [-0.39, 0.29) is 24.4 Å². The largest absolute Gasteiger partial charge is 0.363 e. The lowest BCUT2D eigenvalue weighted by molar-refractivity contribution is -0.117. The third-order valence-corrected chi connectivity index (χ3v) is 3.84. The Hall–Kier alpha value is -2.34. The molecule has 1 heterocycles. The Balaban J connectivity index is 2.15. The number of aromatic nitrogens is 1. The molecule has 122 valence electrons. The Morgan fingerprint density at radius 3 is 2.70 bits per heavy atom. The minimum absolute atomic E-state index is 0.0913. The SMILES string of the molecule is CC[C@@H](C)N(CC(=O)Nc1ccon1)C(=O)c1ccccc1Cl. The molecule has 0 aliphatic carbocycles. The molecule has 23 heavy (non-hydrogen) atoms. The van der Waals surface area contributed by atoms with E-state index in [1.165, 1.54) is 17.2 Å². The van der Waals surface area contributed by atoms with Crippen LogP contribution in [-0.2, 0) is 4.79 Å². The number of hydrogen-bond acceptors (Lipinski definition) is 4. The Morgan fingerprint density at radius 2 is 2.09 bits per heavy atom.